The molecule has 0 unspecified atom stereocenters. The van der Waals surface area contributed by atoms with Crippen LogP contribution >= 0.6 is 11.6 Å². The molecule has 0 saturated carbocycles. The fourth-order valence-electron chi connectivity index (χ4n) is 1.24. The van der Waals surface area contributed by atoms with Crippen LogP contribution in [0.1, 0.15) is 5.82 Å². The van der Waals surface area contributed by atoms with Gasteiger partial charge < -0.3 is 5.11 Å². The van der Waals surface area contributed by atoms with Crippen LogP contribution < -0.4 is 0 Å². The molecule has 6 heteroatoms. The van der Waals surface area contributed by atoms with E-state index in [1.54, 1.807) is 0 Å². The molecule has 1 heterocycles. The molecule has 0 fully saturated rings. The average molecular weight is 228 g/mol. The molecule has 0 aliphatic rings. The van der Waals surface area contributed by atoms with E-state index >= 15 is 0 Å². The maximum Gasteiger partial charge on any atom is 0.163 e. The summed E-state index contributed by atoms with van der Waals surface area (Å²) in [6.45, 7) is -0.314. The molecule has 2 rings (SSSR count). The number of halogens is 2. The van der Waals surface area contributed by atoms with Gasteiger partial charge in [0, 0.05) is 5.02 Å². The summed E-state index contributed by atoms with van der Waals surface area (Å²) in [6.07, 6.45) is 1.32. The largest absolute Gasteiger partial charge is 0.388 e. The second-order valence-corrected chi connectivity index (χ2v) is 3.31. The summed E-state index contributed by atoms with van der Waals surface area (Å²) in [5, 5.41) is 16.6. The van der Waals surface area contributed by atoms with Crippen molar-refractivity contribution >= 4 is 11.6 Å². The van der Waals surface area contributed by atoms with Gasteiger partial charge in [-0.3, -0.25) is 4.57 Å². The fraction of sp³-hybridized carbons (Fsp3) is 0.111. The molecule has 0 bridgehead atoms. The summed E-state index contributed by atoms with van der Waals surface area (Å²) in [4.78, 5) is 0. The van der Waals surface area contributed by atoms with Gasteiger partial charge >= 0.3 is 0 Å². The normalized spacial score (nSPS) is 10.6. The first kappa shape index (κ1) is 10.1. The van der Waals surface area contributed by atoms with E-state index in [-0.39, 0.29) is 18.1 Å². The summed E-state index contributed by atoms with van der Waals surface area (Å²) < 4.78 is 14.8. The van der Waals surface area contributed by atoms with Crippen LogP contribution in [0.5, 0.6) is 0 Å². The smallest absolute Gasteiger partial charge is 0.163 e. The Morgan fingerprint density at radius 2 is 2.27 bits per heavy atom. The summed E-state index contributed by atoms with van der Waals surface area (Å²) in [5.74, 6) is -0.190. The van der Waals surface area contributed by atoms with Crippen LogP contribution in [0.4, 0.5) is 4.39 Å². The lowest BCUT2D eigenvalue weighted by Crippen LogP contribution is -2.02. The zero-order valence-corrected chi connectivity index (χ0v) is 8.32. The summed E-state index contributed by atoms with van der Waals surface area (Å²) in [6, 6.07) is 4.14. The number of hydrogen-bond donors (Lipinski definition) is 1. The van der Waals surface area contributed by atoms with Crippen molar-refractivity contribution in [2.45, 2.75) is 6.61 Å². The SMILES string of the molecule is OCc1nncn1-c1cc(Cl)ccc1F. The number of benzene rings is 1. The molecule has 0 spiro atoms. The van der Waals surface area contributed by atoms with Crippen LogP contribution in [-0.4, -0.2) is 19.9 Å². The van der Waals surface area contributed by atoms with Crippen molar-refractivity contribution in [2.75, 3.05) is 0 Å². The first-order chi connectivity index (χ1) is 7.22. The second kappa shape index (κ2) is 3.96. The van der Waals surface area contributed by atoms with Crippen LogP contribution in [0.3, 0.4) is 0 Å². The van der Waals surface area contributed by atoms with E-state index in [1.807, 2.05) is 0 Å². The molecular weight excluding hydrogens is 221 g/mol. The van der Waals surface area contributed by atoms with Crippen LogP contribution in [0.15, 0.2) is 24.5 Å². The minimum absolute atomic E-state index is 0.219. The van der Waals surface area contributed by atoms with E-state index in [4.69, 9.17) is 16.7 Å². The van der Waals surface area contributed by atoms with Gasteiger partial charge in [0.1, 0.15) is 18.8 Å². The lowest BCUT2D eigenvalue weighted by atomic mass is 10.3. The Morgan fingerprint density at radius 3 is 3.00 bits per heavy atom. The molecule has 4 nitrogen and oxygen atoms in total. The Labute approximate surface area is 89.9 Å². The maximum absolute atomic E-state index is 13.4. The molecule has 0 saturated heterocycles. The Kier molecular flexibility index (Phi) is 2.66. The second-order valence-electron chi connectivity index (χ2n) is 2.87. The molecule has 0 atom stereocenters. The van der Waals surface area contributed by atoms with Crippen LogP contribution in [0.2, 0.25) is 5.02 Å². The average Bonchev–Trinajstić information content (AvgIpc) is 2.69. The lowest BCUT2D eigenvalue weighted by molar-refractivity contribution is 0.268. The van der Waals surface area contributed by atoms with Crippen molar-refractivity contribution < 1.29 is 9.50 Å². The van der Waals surface area contributed by atoms with Crippen molar-refractivity contribution in [3.8, 4) is 5.69 Å². The lowest BCUT2D eigenvalue weighted by Gasteiger charge is -2.06. The van der Waals surface area contributed by atoms with Gasteiger partial charge in [0.2, 0.25) is 0 Å². The van der Waals surface area contributed by atoms with E-state index in [9.17, 15) is 4.39 Å². The van der Waals surface area contributed by atoms with Crippen LogP contribution in [0, 0.1) is 5.82 Å². The number of aliphatic hydroxyl groups excluding tert-OH is 1. The number of rotatable bonds is 2. The van der Waals surface area contributed by atoms with Gasteiger partial charge in [0.15, 0.2) is 5.82 Å². The van der Waals surface area contributed by atoms with Crippen LogP contribution in [-0.2, 0) is 6.61 Å². The molecule has 2 aromatic rings. The Bertz CT molecular complexity index is 486. The first-order valence-corrected chi connectivity index (χ1v) is 4.55. The number of aromatic nitrogens is 3. The number of nitrogens with zero attached hydrogens (tertiary/aromatic N) is 3. The van der Waals surface area contributed by atoms with Crippen molar-refractivity contribution in [1.82, 2.24) is 14.8 Å². The van der Waals surface area contributed by atoms with E-state index in [1.165, 1.54) is 29.1 Å². The van der Waals surface area contributed by atoms with Crippen molar-refractivity contribution in [1.29, 1.82) is 0 Å². The minimum atomic E-state index is -0.450. The summed E-state index contributed by atoms with van der Waals surface area (Å²) in [7, 11) is 0. The van der Waals surface area contributed by atoms with Crippen molar-refractivity contribution in [2.24, 2.45) is 0 Å². The molecule has 0 aliphatic carbocycles. The monoisotopic (exact) mass is 227 g/mol. The maximum atomic E-state index is 13.4. The Balaban J connectivity index is 2.58. The first-order valence-electron chi connectivity index (χ1n) is 4.17. The molecule has 1 aromatic heterocycles. The van der Waals surface area contributed by atoms with Gasteiger partial charge in [0.05, 0.1) is 5.69 Å². The zero-order valence-electron chi connectivity index (χ0n) is 7.56. The highest BCUT2D eigenvalue weighted by atomic mass is 35.5. The fourth-order valence-corrected chi connectivity index (χ4v) is 1.40. The van der Waals surface area contributed by atoms with Gasteiger partial charge in [-0.05, 0) is 18.2 Å². The molecule has 0 radical (unpaired) electrons. The zero-order chi connectivity index (χ0) is 10.8. The highest BCUT2D eigenvalue weighted by Gasteiger charge is 2.09. The van der Waals surface area contributed by atoms with E-state index < -0.39 is 5.82 Å². The standard InChI is InChI=1S/C9H7ClFN3O/c10-6-1-2-7(11)8(3-6)14-5-12-13-9(14)4-15/h1-3,5,15H,4H2. The number of hydrogen-bond acceptors (Lipinski definition) is 3. The number of aliphatic hydroxyl groups is 1. The molecule has 78 valence electrons. The van der Waals surface area contributed by atoms with Gasteiger partial charge in [-0.15, -0.1) is 10.2 Å². The van der Waals surface area contributed by atoms with Gasteiger partial charge in [0.25, 0.3) is 0 Å². The Hall–Kier alpha value is -1.46. The van der Waals surface area contributed by atoms with Gasteiger partial charge in [-0.25, -0.2) is 4.39 Å². The quantitative estimate of drug-likeness (QED) is 0.847. The molecule has 1 N–H and O–H groups in total. The molecule has 0 aliphatic heterocycles. The minimum Gasteiger partial charge on any atom is -0.388 e. The van der Waals surface area contributed by atoms with E-state index in [0.29, 0.717) is 5.02 Å². The topological polar surface area (TPSA) is 50.9 Å². The van der Waals surface area contributed by atoms with Gasteiger partial charge in [-0.2, -0.15) is 0 Å². The van der Waals surface area contributed by atoms with Crippen molar-refractivity contribution in [3.05, 3.63) is 41.2 Å². The third-order valence-corrected chi connectivity index (χ3v) is 2.16. The highest BCUT2D eigenvalue weighted by Crippen LogP contribution is 2.19. The summed E-state index contributed by atoms with van der Waals surface area (Å²) >= 11 is 5.75. The molecule has 15 heavy (non-hydrogen) atoms. The third-order valence-electron chi connectivity index (χ3n) is 1.93. The van der Waals surface area contributed by atoms with Crippen molar-refractivity contribution in [3.63, 3.8) is 0 Å². The molecular formula is C9H7ClFN3O. The Morgan fingerprint density at radius 1 is 1.47 bits per heavy atom. The molecule has 0 amide bonds. The predicted molar refractivity (Wildman–Crippen MR) is 52.2 cm³/mol. The van der Waals surface area contributed by atoms with E-state index in [2.05, 4.69) is 10.2 Å². The summed E-state index contributed by atoms with van der Waals surface area (Å²) in [5.41, 5.74) is 0.219. The molecule has 1 aromatic carbocycles. The third kappa shape index (κ3) is 1.84. The predicted octanol–water partition coefficient (Wildman–Crippen LogP) is 1.55. The van der Waals surface area contributed by atoms with E-state index in [0.717, 1.165) is 0 Å². The van der Waals surface area contributed by atoms with Crippen LogP contribution in [0.25, 0.3) is 5.69 Å². The van der Waals surface area contributed by atoms with Gasteiger partial charge in [-0.1, -0.05) is 11.6 Å². The highest BCUT2D eigenvalue weighted by molar-refractivity contribution is 6.30.